The van der Waals surface area contributed by atoms with Crippen LogP contribution in [0.1, 0.15) is 42.5 Å². The van der Waals surface area contributed by atoms with Gasteiger partial charge in [-0.25, -0.2) is 4.79 Å². The molecule has 1 saturated carbocycles. The van der Waals surface area contributed by atoms with E-state index in [0.29, 0.717) is 18.2 Å². The van der Waals surface area contributed by atoms with Crippen LogP contribution in [-0.2, 0) is 0 Å². The molecule has 4 nitrogen and oxygen atoms in total. The summed E-state index contributed by atoms with van der Waals surface area (Å²) in [4.78, 5) is 13.1. The predicted molar refractivity (Wildman–Crippen MR) is 74.7 cm³/mol. The van der Waals surface area contributed by atoms with Gasteiger partial charge in [0.1, 0.15) is 0 Å². The van der Waals surface area contributed by atoms with Crippen molar-refractivity contribution in [2.45, 2.75) is 38.1 Å². The minimum Gasteiger partial charge on any atom is -0.478 e. The Morgan fingerprint density at radius 3 is 2.32 bits per heavy atom. The summed E-state index contributed by atoms with van der Waals surface area (Å²) < 4.78 is 0. The third-order valence-electron chi connectivity index (χ3n) is 3.80. The van der Waals surface area contributed by atoms with Crippen LogP contribution in [-0.4, -0.2) is 35.4 Å². The van der Waals surface area contributed by atoms with E-state index in [2.05, 4.69) is 4.90 Å². The quantitative estimate of drug-likeness (QED) is 0.857. The van der Waals surface area contributed by atoms with Gasteiger partial charge in [-0.05, 0) is 37.1 Å². The lowest BCUT2D eigenvalue weighted by atomic mass is 9.93. The Morgan fingerprint density at radius 2 is 1.79 bits per heavy atom. The van der Waals surface area contributed by atoms with Gasteiger partial charge in [0.2, 0.25) is 0 Å². The molecule has 19 heavy (non-hydrogen) atoms. The van der Waals surface area contributed by atoms with Gasteiger partial charge in [-0.2, -0.15) is 0 Å². The standard InChI is InChI=1S/C15H21NO3/c17-11-10-16(13-4-2-1-3-5-13)14-8-6-12(7-9-14)15(18)19/h6-9,13,17H,1-5,10-11H2,(H,18,19). The lowest BCUT2D eigenvalue weighted by molar-refractivity contribution is 0.0697. The zero-order valence-electron chi connectivity index (χ0n) is 11.1. The second kappa shape index (κ2) is 6.57. The zero-order chi connectivity index (χ0) is 13.7. The SMILES string of the molecule is O=C(O)c1ccc(N(CCO)C2CCCCC2)cc1. The van der Waals surface area contributed by atoms with Crippen LogP contribution in [0.3, 0.4) is 0 Å². The molecule has 1 aliphatic carbocycles. The van der Waals surface area contributed by atoms with Gasteiger partial charge in [-0.15, -0.1) is 0 Å². The summed E-state index contributed by atoms with van der Waals surface area (Å²) in [6.07, 6.45) is 6.07. The molecule has 2 N–H and O–H groups in total. The summed E-state index contributed by atoms with van der Waals surface area (Å²) in [6, 6.07) is 7.41. The van der Waals surface area contributed by atoms with Gasteiger partial charge >= 0.3 is 5.97 Å². The molecule has 4 heteroatoms. The number of carboxylic acids is 1. The molecular formula is C15H21NO3. The first-order valence-electron chi connectivity index (χ1n) is 6.93. The molecule has 104 valence electrons. The number of benzene rings is 1. The summed E-state index contributed by atoms with van der Waals surface area (Å²) in [5, 5.41) is 18.1. The first kappa shape index (κ1) is 13.9. The van der Waals surface area contributed by atoms with Gasteiger partial charge in [-0.1, -0.05) is 19.3 Å². The Balaban J connectivity index is 2.15. The fourth-order valence-corrected chi connectivity index (χ4v) is 2.82. The molecule has 0 saturated heterocycles. The molecule has 0 aromatic heterocycles. The number of hydrogen-bond donors (Lipinski definition) is 2. The largest absolute Gasteiger partial charge is 0.478 e. The zero-order valence-corrected chi connectivity index (χ0v) is 11.1. The average molecular weight is 263 g/mol. The summed E-state index contributed by atoms with van der Waals surface area (Å²) in [6.45, 7) is 0.730. The summed E-state index contributed by atoms with van der Waals surface area (Å²) in [7, 11) is 0. The van der Waals surface area contributed by atoms with Crippen molar-refractivity contribution in [1.82, 2.24) is 0 Å². The lowest BCUT2D eigenvalue weighted by Gasteiger charge is -2.35. The number of aliphatic hydroxyl groups is 1. The van der Waals surface area contributed by atoms with Gasteiger partial charge in [-0.3, -0.25) is 0 Å². The van der Waals surface area contributed by atoms with Gasteiger partial charge < -0.3 is 15.1 Å². The number of nitrogens with zero attached hydrogens (tertiary/aromatic N) is 1. The van der Waals surface area contributed by atoms with E-state index in [1.807, 2.05) is 12.1 Å². The van der Waals surface area contributed by atoms with Crippen LogP contribution < -0.4 is 4.90 Å². The molecule has 0 unspecified atom stereocenters. The van der Waals surface area contributed by atoms with Crippen LogP contribution in [0.5, 0.6) is 0 Å². The van der Waals surface area contributed by atoms with Crippen molar-refractivity contribution in [2.24, 2.45) is 0 Å². The maximum absolute atomic E-state index is 10.9. The van der Waals surface area contributed by atoms with E-state index in [9.17, 15) is 9.90 Å². The highest BCUT2D eigenvalue weighted by atomic mass is 16.4. The van der Waals surface area contributed by atoms with Gasteiger partial charge in [0.15, 0.2) is 0 Å². The highest BCUT2D eigenvalue weighted by molar-refractivity contribution is 5.88. The van der Waals surface area contributed by atoms with E-state index in [1.54, 1.807) is 12.1 Å². The number of aliphatic hydroxyl groups excluding tert-OH is 1. The second-order valence-corrected chi connectivity index (χ2v) is 5.06. The van der Waals surface area contributed by atoms with Gasteiger partial charge in [0.25, 0.3) is 0 Å². The number of rotatable bonds is 5. The van der Waals surface area contributed by atoms with Crippen LogP contribution in [0.25, 0.3) is 0 Å². The summed E-state index contributed by atoms with van der Waals surface area (Å²) >= 11 is 0. The van der Waals surface area contributed by atoms with E-state index >= 15 is 0 Å². The minimum absolute atomic E-state index is 0.122. The monoisotopic (exact) mass is 263 g/mol. The number of carboxylic acid groups (broad SMARTS) is 1. The maximum Gasteiger partial charge on any atom is 0.335 e. The Bertz CT molecular complexity index is 410. The van der Waals surface area contributed by atoms with Crippen molar-refractivity contribution in [2.75, 3.05) is 18.1 Å². The van der Waals surface area contributed by atoms with Crippen molar-refractivity contribution < 1.29 is 15.0 Å². The van der Waals surface area contributed by atoms with Gasteiger partial charge in [0.05, 0.1) is 12.2 Å². The highest BCUT2D eigenvalue weighted by Gasteiger charge is 2.21. The van der Waals surface area contributed by atoms with Crippen molar-refractivity contribution in [3.05, 3.63) is 29.8 Å². The predicted octanol–water partition coefficient (Wildman–Crippen LogP) is 2.52. The number of hydrogen-bond acceptors (Lipinski definition) is 3. The molecule has 0 atom stereocenters. The molecule has 1 aliphatic rings. The van der Waals surface area contributed by atoms with Crippen molar-refractivity contribution in [3.8, 4) is 0 Å². The molecule has 1 fully saturated rings. The highest BCUT2D eigenvalue weighted by Crippen LogP contribution is 2.27. The van der Waals surface area contributed by atoms with Crippen LogP contribution in [0.15, 0.2) is 24.3 Å². The molecule has 0 heterocycles. The Labute approximate surface area is 113 Å². The van der Waals surface area contributed by atoms with Crippen LogP contribution >= 0.6 is 0 Å². The molecule has 1 aromatic carbocycles. The molecule has 1 aromatic rings. The molecule has 0 bridgehead atoms. The molecule has 0 spiro atoms. The Kier molecular flexibility index (Phi) is 4.80. The van der Waals surface area contributed by atoms with Gasteiger partial charge in [0, 0.05) is 18.3 Å². The van der Waals surface area contributed by atoms with Crippen molar-refractivity contribution in [3.63, 3.8) is 0 Å². The Hall–Kier alpha value is -1.55. The minimum atomic E-state index is -0.905. The summed E-state index contributed by atoms with van der Waals surface area (Å²) in [5.41, 5.74) is 1.31. The number of carbonyl (C=O) groups is 1. The van der Waals surface area contributed by atoms with Crippen molar-refractivity contribution >= 4 is 11.7 Å². The third-order valence-corrected chi connectivity index (χ3v) is 3.80. The molecule has 0 radical (unpaired) electrons. The number of aromatic carboxylic acids is 1. The molecule has 0 aliphatic heterocycles. The van der Waals surface area contributed by atoms with E-state index in [-0.39, 0.29) is 6.61 Å². The average Bonchev–Trinajstić information content (AvgIpc) is 2.46. The van der Waals surface area contributed by atoms with Crippen LogP contribution in [0.2, 0.25) is 0 Å². The van der Waals surface area contributed by atoms with E-state index in [4.69, 9.17) is 5.11 Å². The molecule has 0 amide bonds. The summed E-state index contributed by atoms with van der Waals surface area (Å²) in [5.74, 6) is -0.905. The van der Waals surface area contributed by atoms with E-state index in [0.717, 1.165) is 18.5 Å². The lowest BCUT2D eigenvalue weighted by Crippen LogP contribution is -2.38. The second-order valence-electron chi connectivity index (χ2n) is 5.06. The normalized spacial score (nSPS) is 16.3. The van der Waals surface area contributed by atoms with Crippen LogP contribution in [0, 0.1) is 0 Å². The van der Waals surface area contributed by atoms with E-state index < -0.39 is 5.97 Å². The first-order valence-corrected chi connectivity index (χ1v) is 6.93. The fraction of sp³-hybridized carbons (Fsp3) is 0.533. The first-order chi connectivity index (χ1) is 9.22. The van der Waals surface area contributed by atoms with Crippen LogP contribution in [0.4, 0.5) is 5.69 Å². The maximum atomic E-state index is 10.9. The molecule has 2 rings (SSSR count). The third kappa shape index (κ3) is 3.47. The van der Waals surface area contributed by atoms with Crippen molar-refractivity contribution in [1.29, 1.82) is 0 Å². The molecular weight excluding hydrogens is 242 g/mol. The number of anilines is 1. The fourth-order valence-electron chi connectivity index (χ4n) is 2.82. The topological polar surface area (TPSA) is 60.8 Å². The van der Waals surface area contributed by atoms with E-state index in [1.165, 1.54) is 19.3 Å². The smallest absolute Gasteiger partial charge is 0.335 e. The Morgan fingerprint density at radius 1 is 1.16 bits per heavy atom.